The number of piperidine rings is 1. The van der Waals surface area contributed by atoms with Crippen LogP contribution in [0, 0.1) is 6.92 Å². The van der Waals surface area contributed by atoms with Gasteiger partial charge in [-0.1, -0.05) is 6.42 Å². The van der Waals surface area contributed by atoms with E-state index in [2.05, 4.69) is 36.4 Å². The maximum absolute atomic E-state index is 5.84. The second-order valence-corrected chi connectivity index (χ2v) is 5.22. The summed E-state index contributed by atoms with van der Waals surface area (Å²) in [6, 6.07) is 7.32. The Morgan fingerprint density at radius 3 is 2.47 bits per heavy atom. The van der Waals surface area contributed by atoms with E-state index in [9.17, 15) is 0 Å². The monoisotopic (exact) mass is 233 g/mol. The molecule has 0 radical (unpaired) electrons. The highest BCUT2D eigenvalue weighted by Gasteiger charge is 2.24. The van der Waals surface area contributed by atoms with Crippen molar-refractivity contribution in [2.24, 2.45) is 0 Å². The molecule has 94 valence electrons. The lowest BCUT2D eigenvalue weighted by Gasteiger charge is -2.39. The highest BCUT2D eigenvalue weighted by Crippen LogP contribution is 2.24. The maximum atomic E-state index is 5.84. The lowest BCUT2D eigenvalue weighted by atomic mass is 10.00. The molecule has 0 bridgehead atoms. The molecule has 0 aromatic heterocycles. The zero-order valence-corrected chi connectivity index (χ0v) is 11.0. The number of nitrogens with one attached hydrogen (secondary N) is 1. The Bertz CT molecular complexity index is 379. The van der Waals surface area contributed by atoms with E-state index in [-0.39, 0.29) is 0 Å². The van der Waals surface area contributed by atoms with Gasteiger partial charge in [-0.2, -0.15) is 0 Å². The molecule has 2 unspecified atom stereocenters. The standard InChI is InChI=1S/C14H23N3/c1-10-9-13(7-8-14(10)15)16-17-11(2)5-4-6-12(17)3/h7-9,11-12,16H,4-6,15H2,1-3H3. The van der Waals surface area contributed by atoms with Crippen molar-refractivity contribution in [1.82, 2.24) is 5.01 Å². The Labute approximate surface area is 104 Å². The maximum Gasteiger partial charge on any atom is 0.0494 e. The van der Waals surface area contributed by atoms with E-state index in [0.717, 1.165) is 16.9 Å². The van der Waals surface area contributed by atoms with E-state index in [1.165, 1.54) is 19.3 Å². The van der Waals surface area contributed by atoms with Crippen LogP contribution in [0.4, 0.5) is 11.4 Å². The number of anilines is 2. The molecule has 0 amide bonds. The third-order valence-corrected chi connectivity index (χ3v) is 3.72. The first-order chi connectivity index (χ1) is 8.08. The van der Waals surface area contributed by atoms with Crippen molar-refractivity contribution in [2.45, 2.75) is 52.1 Å². The van der Waals surface area contributed by atoms with Gasteiger partial charge < -0.3 is 11.2 Å². The third-order valence-electron chi connectivity index (χ3n) is 3.72. The summed E-state index contributed by atoms with van der Waals surface area (Å²) in [7, 11) is 0. The number of hydrazine groups is 1. The zero-order valence-electron chi connectivity index (χ0n) is 11.0. The molecule has 3 nitrogen and oxygen atoms in total. The molecule has 1 saturated heterocycles. The Hall–Kier alpha value is -1.22. The molecule has 1 aromatic carbocycles. The summed E-state index contributed by atoms with van der Waals surface area (Å²) in [6.45, 7) is 6.61. The van der Waals surface area contributed by atoms with Gasteiger partial charge in [-0.3, -0.25) is 0 Å². The number of hydrogen-bond acceptors (Lipinski definition) is 3. The smallest absolute Gasteiger partial charge is 0.0494 e. The fraction of sp³-hybridized carbons (Fsp3) is 0.571. The van der Waals surface area contributed by atoms with Crippen LogP contribution in [0.5, 0.6) is 0 Å². The molecule has 1 aromatic rings. The van der Waals surface area contributed by atoms with E-state index in [1.807, 2.05) is 13.0 Å². The Balaban J connectivity index is 2.10. The van der Waals surface area contributed by atoms with Gasteiger partial charge in [0.25, 0.3) is 0 Å². The van der Waals surface area contributed by atoms with Crippen LogP contribution in [0.25, 0.3) is 0 Å². The molecule has 0 aliphatic carbocycles. The highest BCUT2D eigenvalue weighted by molar-refractivity contribution is 5.56. The quantitative estimate of drug-likeness (QED) is 0.771. The topological polar surface area (TPSA) is 41.3 Å². The first kappa shape index (κ1) is 12.2. The van der Waals surface area contributed by atoms with Gasteiger partial charge in [0.1, 0.15) is 0 Å². The van der Waals surface area contributed by atoms with E-state index in [4.69, 9.17) is 5.73 Å². The average molecular weight is 233 g/mol. The molecule has 1 fully saturated rings. The van der Waals surface area contributed by atoms with Crippen LogP contribution in [0.15, 0.2) is 18.2 Å². The number of hydrogen-bond donors (Lipinski definition) is 2. The lowest BCUT2D eigenvalue weighted by Crippen LogP contribution is -2.47. The molecule has 3 N–H and O–H groups in total. The fourth-order valence-electron chi connectivity index (χ4n) is 2.54. The largest absolute Gasteiger partial charge is 0.399 e. The SMILES string of the molecule is Cc1cc(NN2C(C)CCCC2C)ccc1N. The minimum absolute atomic E-state index is 0.594. The van der Waals surface area contributed by atoms with Crippen LogP contribution in [0.1, 0.15) is 38.7 Å². The van der Waals surface area contributed by atoms with Crippen LogP contribution in [-0.4, -0.2) is 17.1 Å². The van der Waals surface area contributed by atoms with Crippen molar-refractivity contribution in [2.75, 3.05) is 11.2 Å². The molecule has 17 heavy (non-hydrogen) atoms. The van der Waals surface area contributed by atoms with E-state index < -0.39 is 0 Å². The van der Waals surface area contributed by atoms with Gasteiger partial charge in [-0.25, -0.2) is 5.01 Å². The number of nitrogens with zero attached hydrogens (tertiary/aromatic N) is 1. The van der Waals surface area contributed by atoms with Gasteiger partial charge in [0.15, 0.2) is 0 Å². The summed E-state index contributed by atoms with van der Waals surface area (Å²) in [5.41, 5.74) is 12.5. The Morgan fingerprint density at radius 2 is 1.88 bits per heavy atom. The van der Waals surface area contributed by atoms with Crippen LogP contribution in [0.2, 0.25) is 0 Å². The second-order valence-electron chi connectivity index (χ2n) is 5.22. The van der Waals surface area contributed by atoms with Gasteiger partial charge in [-0.15, -0.1) is 0 Å². The normalized spacial score (nSPS) is 25.8. The first-order valence-electron chi connectivity index (χ1n) is 6.49. The van der Waals surface area contributed by atoms with Crippen LogP contribution in [-0.2, 0) is 0 Å². The van der Waals surface area contributed by atoms with Crippen molar-refractivity contribution in [3.8, 4) is 0 Å². The molecule has 1 aliphatic heterocycles. The summed E-state index contributed by atoms with van der Waals surface area (Å²) in [5, 5.41) is 2.37. The second kappa shape index (κ2) is 4.96. The van der Waals surface area contributed by atoms with Gasteiger partial charge in [0, 0.05) is 23.5 Å². The number of aryl methyl sites for hydroxylation is 1. The van der Waals surface area contributed by atoms with Crippen molar-refractivity contribution < 1.29 is 0 Å². The molecule has 2 atom stereocenters. The van der Waals surface area contributed by atoms with Gasteiger partial charge in [0.2, 0.25) is 0 Å². The summed E-state index contributed by atoms with van der Waals surface area (Å²) in [4.78, 5) is 0. The summed E-state index contributed by atoms with van der Waals surface area (Å²) < 4.78 is 0. The Kier molecular flexibility index (Phi) is 3.57. The number of nitrogens with two attached hydrogens (primary N) is 1. The van der Waals surface area contributed by atoms with Gasteiger partial charge >= 0.3 is 0 Å². The first-order valence-corrected chi connectivity index (χ1v) is 6.49. The van der Waals surface area contributed by atoms with Crippen molar-refractivity contribution in [3.63, 3.8) is 0 Å². The molecule has 0 saturated carbocycles. The minimum Gasteiger partial charge on any atom is -0.399 e. The van der Waals surface area contributed by atoms with Crippen LogP contribution in [0.3, 0.4) is 0 Å². The number of nitrogen functional groups attached to an aromatic ring is 1. The predicted octanol–water partition coefficient (Wildman–Crippen LogP) is 3.17. The molecule has 0 spiro atoms. The molecular weight excluding hydrogens is 210 g/mol. The zero-order chi connectivity index (χ0) is 12.4. The third kappa shape index (κ3) is 2.72. The van der Waals surface area contributed by atoms with Crippen molar-refractivity contribution in [3.05, 3.63) is 23.8 Å². The van der Waals surface area contributed by atoms with Crippen molar-refractivity contribution in [1.29, 1.82) is 0 Å². The van der Waals surface area contributed by atoms with E-state index in [0.29, 0.717) is 12.1 Å². The fourth-order valence-corrected chi connectivity index (χ4v) is 2.54. The van der Waals surface area contributed by atoms with E-state index in [1.54, 1.807) is 0 Å². The van der Waals surface area contributed by atoms with E-state index >= 15 is 0 Å². The number of rotatable bonds is 2. The summed E-state index contributed by atoms with van der Waals surface area (Å²) in [5.74, 6) is 0. The van der Waals surface area contributed by atoms with Crippen LogP contribution < -0.4 is 11.2 Å². The summed E-state index contributed by atoms with van der Waals surface area (Å²) in [6.07, 6.45) is 3.87. The number of benzene rings is 1. The summed E-state index contributed by atoms with van der Waals surface area (Å²) >= 11 is 0. The van der Waals surface area contributed by atoms with Crippen molar-refractivity contribution >= 4 is 11.4 Å². The Morgan fingerprint density at radius 1 is 1.24 bits per heavy atom. The average Bonchev–Trinajstić information content (AvgIpc) is 2.28. The molecule has 1 heterocycles. The minimum atomic E-state index is 0.594. The lowest BCUT2D eigenvalue weighted by molar-refractivity contribution is 0.136. The molecular formula is C14H23N3. The predicted molar refractivity (Wildman–Crippen MR) is 73.8 cm³/mol. The van der Waals surface area contributed by atoms with Crippen LogP contribution >= 0.6 is 0 Å². The highest BCUT2D eigenvalue weighted by atomic mass is 15.5. The van der Waals surface area contributed by atoms with Gasteiger partial charge in [-0.05, 0) is 57.4 Å². The molecule has 1 aliphatic rings. The molecule has 2 rings (SSSR count). The van der Waals surface area contributed by atoms with Gasteiger partial charge in [0.05, 0.1) is 0 Å². The molecule has 3 heteroatoms.